The molecular weight excluding hydrogens is 224 g/mol. The average Bonchev–Trinajstić information content (AvgIpc) is 0.722. The Bertz CT molecular complexity index is 92.7. The van der Waals surface area contributed by atoms with Gasteiger partial charge in [-0.05, 0) is 0 Å². The molecule has 11 heteroatoms. The summed E-state index contributed by atoms with van der Waals surface area (Å²) in [5, 5.41) is 0. The van der Waals surface area contributed by atoms with E-state index in [2.05, 4.69) is 0 Å². The minimum absolute atomic E-state index is 0. The van der Waals surface area contributed by atoms with Crippen molar-refractivity contribution in [3.8, 4) is 0 Å². The molecule has 11 heavy (non-hydrogen) atoms. The first-order valence-electron chi connectivity index (χ1n) is 0.698. The molecule has 0 aliphatic rings. The number of hydrogen-bond acceptors (Lipinski definition) is 2. The second kappa shape index (κ2) is 22.4. The third-order valence-corrected chi connectivity index (χ3v) is 0. The zero-order valence-corrected chi connectivity index (χ0v) is 7.50. The SMILES string of the molecule is O.O.O.O.O.O=S(=O)(O)O.[Ti]. The normalized spacial score (nSPS) is 5.27. The van der Waals surface area contributed by atoms with E-state index in [1.807, 2.05) is 0 Å². The molecule has 0 spiro atoms. The van der Waals surface area contributed by atoms with Crippen LogP contribution in [-0.4, -0.2) is 44.9 Å². The third-order valence-electron chi connectivity index (χ3n) is 0. The maximum Gasteiger partial charge on any atom is 0.394 e. The average molecular weight is 236 g/mol. The molecular formula is H12O9STi. The van der Waals surface area contributed by atoms with Crippen LogP contribution in [0.15, 0.2) is 0 Å². The van der Waals surface area contributed by atoms with Crippen LogP contribution in [0.4, 0.5) is 0 Å². The van der Waals surface area contributed by atoms with Gasteiger partial charge in [-0.1, -0.05) is 0 Å². The minimum Gasteiger partial charge on any atom is -0.412 e. The molecule has 0 saturated heterocycles. The Morgan fingerprint density at radius 3 is 0.727 bits per heavy atom. The van der Waals surface area contributed by atoms with Crippen molar-refractivity contribution in [2.75, 3.05) is 0 Å². The van der Waals surface area contributed by atoms with Crippen LogP contribution in [0, 0.1) is 0 Å². The first kappa shape index (κ1) is 63.9. The second-order valence-corrected chi connectivity index (χ2v) is 1.34. The molecule has 0 atom stereocenters. The van der Waals surface area contributed by atoms with E-state index in [0.29, 0.717) is 0 Å². The Balaban J connectivity index is -0.00000000533. The molecule has 12 N–H and O–H groups in total. The van der Waals surface area contributed by atoms with Gasteiger partial charge in [0.2, 0.25) is 0 Å². The Morgan fingerprint density at radius 1 is 0.727 bits per heavy atom. The van der Waals surface area contributed by atoms with Gasteiger partial charge in [0.1, 0.15) is 0 Å². The van der Waals surface area contributed by atoms with Crippen molar-refractivity contribution >= 4 is 10.4 Å². The van der Waals surface area contributed by atoms with Gasteiger partial charge in [-0.25, -0.2) is 0 Å². The number of rotatable bonds is 0. The summed E-state index contributed by atoms with van der Waals surface area (Å²) in [6.07, 6.45) is 0. The Hall–Kier alpha value is 0.384. The van der Waals surface area contributed by atoms with Crippen molar-refractivity contribution in [2.45, 2.75) is 0 Å². The molecule has 0 aromatic heterocycles. The summed E-state index contributed by atoms with van der Waals surface area (Å²) in [6.45, 7) is 0. The molecule has 9 nitrogen and oxygen atoms in total. The summed E-state index contributed by atoms with van der Waals surface area (Å²) in [5.41, 5.74) is 0. The fraction of sp³-hybridized carbons (Fsp3) is 0. The van der Waals surface area contributed by atoms with E-state index < -0.39 is 10.4 Å². The summed E-state index contributed by atoms with van der Waals surface area (Å²) in [4.78, 5) is 0. The summed E-state index contributed by atoms with van der Waals surface area (Å²) in [6, 6.07) is 0. The van der Waals surface area contributed by atoms with Crippen molar-refractivity contribution in [3.63, 3.8) is 0 Å². The van der Waals surface area contributed by atoms with Gasteiger partial charge in [0.05, 0.1) is 0 Å². The molecule has 76 valence electrons. The molecule has 0 unspecified atom stereocenters. The third kappa shape index (κ3) is 4940. The van der Waals surface area contributed by atoms with Gasteiger partial charge in [-0.3, -0.25) is 9.11 Å². The second-order valence-electron chi connectivity index (χ2n) is 0.448. The van der Waals surface area contributed by atoms with Gasteiger partial charge in [-0.15, -0.1) is 0 Å². The molecule has 0 saturated carbocycles. The van der Waals surface area contributed by atoms with Crippen LogP contribution >= 0.6 is 0 Å². The van der Waals surface area contributed by atoms with Crippen LogP contribution in [0.5, 0.6) is 0 Å². The van der Waals surface area contributed by atoms with Gasteiger partial charge in [0.25, 0.3) is 0 Å². The van der Waals surface area contributed by atoms with Crippen molar-refractivity contribution < 1.29 is 66.6 Å². The zero-order chi connectivity index (χ0) is 4.50. The summed E-state index contributed by atoms with van der Waals surface area (Å²) < 4.78 is 31.6. The van der Waals surface area contributed by atoms with E-state index in [1.165, 1.54) is 0 Å². The maximum atomic E-state index is 8.74. The van der Waals surface area contributed by atoms with Gasteiger partial charge in [-0.2, -0.15) is 8.42 Å². The van der Waals surface area contributed by atoms with E-state index in [1.54, 1.807) is 0 Å². The predicted octanol–water partition coefficient (Wildman–Crippen LogP) is -4.78. The largest absolute Gasteiger partial charge is 0.412 e. The van der Waals surface area contributed by atoms with Crippen LogP contribution in [-0.2, 0) is 32.1 Å². The van der Waals surface area contributed by atoms with Gasteiger partial charge in [0.15, 0.2) is 0 Å². The van der Waals surface area contributed by atoms with E-state index in [-0.39, 0.29) is 49.1 Å². The molecule has 0 fully saturated rings. The summed E-state index contributed by atoms with van der Waals surface area (Å²) >= 11 is 0. The fourth-order valence-electron chi connectivity index (χ4n) is 0. The van der Waals surface area contributed by atoms with E-state index in [0.717, 1.165) is 0 Å². The van der Waals surface area contributed by atoms with Crippen molar-refractivity contribution in [1.29, 1.82) is 0 Å². The van der Waals surface area contributed by atoms with Gasteiger partial charge in [0, 0.05) is 21.7 Å². The zero-order valence-electron chi connectivity index (χ0n) is 5.12. The summed E-state index contributed by atoms with van der Waals surface area (Å²) in [7, 11) is -4.67. The van der Waals surface area contributed by atoms with Crippen LogP contribution in [0.1, 0.15) is 0 Å². The Labute approximate surface area is 77.4 Å². The molecule has 0 heterocycles. The van der Waals surface area contributed by atoms with Crippen LogP contribution in [0.3, 0.4) is 0 Å². The van der Waals surface area contributed by atoms with E-state index >= 15 is 0 Å². The van der Waals surface area contributed by atoms with E-state index in [4.69, 9.17) is 17.5 Å². The molecule has 0 bridgehead atoms. The molecule has 0 radical (unpaired) electrons. The quantitative estimate of drug-likeness (QED) is 0.311. The fourth-order valence-corrected chi connectivity index (χ4v) is 0. The molecule has 0 aliphatic carbocycles. The van der Waals surface area contributed by atoms with Crippen molar-refractivity contribution in [1.82, 2.24) is 0 Å². The summed E-state index contributed by atoms with van der Waals surface area (Å²) in [5.74, 6) is 0. The standard InChI is InChI=1S/H2O4S.5H2O.Ti/c1-5(2,3)4;;;;;;/h(H2,1,2,3,4);5*1H2;. The minimum atomic E-state index is -4.67. The predicted molar refractivity (Wildman–Crippen MR) is 32.2 cm³/mol. The Kier molecular flexibility index (Phi) is 130. The maximum absolute atomic E-state index is 8.74. The molecule has 0 aromatic rings. The molecule has 0 amide bonds. The Morgan fingerprint density at radius 2 is 0.727 bits per heavy atom. The molecule has 0 aromatic carbocycles. The van der Waals surface area contributed by atoms with Gasteiger partial charge < -0.3 is 27.4 Å². The molecule has 0 rings (SSSR count). The van der Waals surface area contributed by atoms with Crippen LogP contribution < -0.4 is 0 Å². The first-order valence-corrected chi connectivity index (χ1v) is 2.10. The van der Waals surface area contributed by atoms with Crippen LogP contribution in [0.25, 0.3) is 0 Å². The number of hydrogen-bond donors (Lipinski definition) is 2. The topological polar surface area (TPSA) is 232 Å². The first-order chi connectivity index (χ1) is 2.00. The van der Waals surface area contributed by atoms with Crippen LogP contribution in [0.2, 0.25) is 0 Å². The van der Waals surface area contributed by atoms with E-state index in [9.17, 15) is 0 Å². The van der Waals surface area contributed by atoms with Crippen molar-refractivity contribution in [2.24, 2.45) is 0 Å². The smallest absolute Gasteiger partial charge is 0.394 e. The monoisotopic (exact) mass is 236 g/mol. The van der Waals surface area contributed by atoms with Crippen molar-refractivity contribution in [3.05, 3.63) is 0 Å². The molecule has 0 aliphatic heterocycles. The van der Waals surface area contributed by atoms with Gasteiger partial charge >= 0.3 is 10.4 Å².